The molecule has 0 spiro atoms. The molecule has 1 saturated heterocycles. The minimum Gasteiger partial charge on any atom is -0.358 e. The molecule has 8 heteroatoms. The third kappa shape index (κ3) is 4.44. The number of amides is 3. The summed E-state index contributed by atoms with van der Waals surface area (Å²) < 4.78 is 1.83. The Morgan fingerprint density at radius 1 is 1.30 bits per heavy atom. The molecule has 0 bridgehead atoms. The second kappa shape index (κ2) is 7.96. The summed E-state index contributed by atoms with van der Waals surface area (Å²) in [6.45, 7) is 7.16. The Bertz CT molecular complexity index is 536. The van der Waals surface area contributed by atoms with Crippen molar-refractivity contribution in [1.29, 1.82) is 0 Å². The molecule has 2 heterocycles. The number of carbonyl (C=O) groups is 2. The predicted molar refractivity (Wildman–Crippen MR) is 88.3 cm³/mol. The quantitative estimate of drug-likeness (QED) is 0.838. The smallest absolute Gasteiger partial charge is 0.323 e. The Labute approximate surface area is 136 Å². The normalized spacial score (nSPS) is 16.9. The van der Waals surface area contributed by atoms with E-state index < -0.39 is 0 Å². The van der Waals surface area contributed by atoms with Gasteiger partial charge in [-0.1, -0.05) is 6.92 Å². The van der Waals surface area contributed by atoms with Crippen LogP contribution in [-0.4, -0.2) is 71.3 Å². The van der Waals surface area contributed by atoms with Crippen LogP contribution in [0.5, 0.6) is 0 Å². The summed E-state index contributed by atoms with van der Waals surface area (Å²) in [5.41, 5.74) is 0. The maximum Gasteiger partial charge on any atom is 0.323 e. The number of nitrogens with zero attached hydrogens (tertiary/aromatic N) is 4. The highest BCUT2D eigenvalue weighted by molar-refractivity contribution is 5.88. The lowest BCUT2D eigenvalue weighted by atomic mass is 10.3. The van der Waals surface area contributed by atoms with E-state index in [0.717, 1.165) is 12.2 Å². The molecule has 1 atom stereocenters. The van der Waals surface area contributed by atoms with Gasteiger partial charge in [0.25, 0.3) is 0 Å². The minimum absolute atomic E-state index is 0.000330. The van der Waals surface area contributed by atoms with E-state index in [0.29, 0.717) is 32.7 Å². The Kier molecular flexibility index (Phi) is 5.97. The number of nitrogens with one attached hydrogen (secondary N) is 2. The van der Waals surface area contributed by atoms with Gasteiger partial charge < -0.3 is 10.2 Å². The maximum absolute atomic E-state index is 12.4. The molecular formula is C15H26N6O2. The fourth-order valence-corrected chi connectivity index (χ4v) is 2.52. The van der Waals surface area contributed by atoms with Crippen LogP contribution in [0.25, 0.3) is 0 Å². The van der Waals surface area contributed by atoms with Crippen molar-refractivity contribution in [1.82, 2.24) is 24.9 Å². The number of likely N-dealkylation sites (N-methyl/N-ethyl adjacent to an activating group) is 1. The van der Waals surface area contributed by atoms with Crippen molar-refractivity contribution in [2.45, 2.75) is 26.3 Å². The van der Waals surface area contributed by atoms with Gasteiger partial charge in [0.2, 0.25) is 5.91 Å². The molecule has 0 radical (unpaired) electrons. The largest absolute Gasteiger partial charge is 0.358 e. The fourth-order valence-electron chi connectivity index (χ4n) is 2.52. The first-order valence-electron chi connectivity index (χ1n) is 8.07. The van der Waals surface area contributed by atoms with Gasteiger partial charge in [-0.15, -0.1) is 0 Å². The Hall–Kier alpha value is -2.09. The zero-order valence-electron chi connectivity index (χ0n) is 14.1. The molecule has 0 unspecified atom stereocenters. The van der Waals surface area contributed by atoms with Crippen LogP contribution in [0.1, 0.15) is 26.3 Å². The van der Waals surface area contributed by atoms with Crippen molar-refractivity contribution in [3.8, 4) is 0 Å². The first kappa shape index (κ1) is 17.3. The highest BCUT2D eigenvalue weighted by Crippen LogP contribution is 2.17. The second-order valence-corrected chi connectivity index (χ2v) is 5.78. The third-order valence-electron chi connectivity index (χ3n) is 4.22. The van der Waals surface area contributed by atoms with Gasteiger partial charge in [-0.2, -0.15) is 5.10 Å². The van der Waals surface area contributed by atoms with Crippen LogP contribution in [0.4, 0.5) is 10.6 Å². The van der Waals surface area contributed by atoms with Crippen LogP contribution in [0, 0.1) is 0 Å². The molecule has 1 aromatic heterocycles. The Morgan fingerprint density at radius 3 is 2.61 bits per heavy atom. The summed E-state index contributed by atoms with van der Waals surface area (Å²) in [5, 5.41) is 9.82. The topological polar surface area (TPSA) is 82.5 Å². The van der Waals surface area contributed by atoms with Gasteiger partial charge in [0.15, 0.2) is 0 Å². The number of rotatable bonds is 5. The molecule has 2 rings (SSSR count). The number of urea groups is 1. The van der Waals surface area contributed by atoms with Gasteiger partial charge >= 0.3 is 6.03 Å². The number of hydrogen-bond donors (Lipinski definition) is 2. The first-order chi connectivity index (χ1) is 11.0. The molecule has 0 aromatic carbocycles. The monoisotopic (exact) mass is 322 g/mol. The zero-order chi connectivity index (χ0) is 16.8. The van der Waals surface area contributed by atoms with Crippen molar-refractivity contribution in [3.05, 3.63) is 12.3 Å². The predicted octanol–water partition coefficient (Wildman–Crippen LogP) is 0.750. The van der Waals surface area contributed by atoms with Gasteiger partial charge in [0, 0.05) is 39.3 Å². The SMILES string of the molecule is CC[C@@H](C)n1nccc1NC(=O)N1CCN(CC(=O)NC)CC1. The van der Waals surface area contributed by atoms with Crippen molar-refractivity contribution in [2.24, 2.45) is 0 Å². The van der Waals surface area contributed by atoms with Crippen LogP contribution in [0.3, 0.4) is 0 Å². The summed E-state index contributed by atoms with van der Waals surface area (Å²) in [6, 6.07) is 1.94. The van der Waals surface area contributed by atoms with Gasteiger partial charge in [-0.3, -0.25) is 15.0 Å². The first-order valence-corrected chi connectivity index (χ1v) is 8.07. The van der Waals surface area contributed by atoms with Crippen molar-refractivity contribution in [2.75, 3.05) is 45.1 Å². The summed E-state index contributed by atoms with van der Waals surface area (Å²) >= 11 is 0. The van der Waals surface area contributed by atoms with Crippen molar-refractivity contribution >= 4 is 17.8 Å². The summed E-state index contributed by atoms with van der Waals surface area (Å²) in [5.74, 6) is 0.720. The van der Waals surface area contributed by atoms with E-state index in [1.165, 1.54) is 0 Å². The molecule has 0 saturated carbocycles. The standard InChI is InChI=1S/C15H26N6O2/c1-4-12(2)21-13(5-6-17-21)18-15(23)20-9-7-19(8-10-20)11-14(22)16-3/h5-6,12H,4,7-11H2,1-3H3,(H,16,22)(H,18,23)/t12-/m1/s1. The van der Waals surface area contributed by atoms with Crippen LogP contribution in [0.15, 0.2) is 12.3 Å². The van der Waals surface area contributed by atoms with Gasteiger partial charge in [-0.05, 0) is 13.3 Å². The van der Waals surface area contributed by atoms with E-state index in [1.54, 1.807) is 18.1 Å². The van der Waals surface area contributed by atoms with E-state index in [1.807, 2.05) is 15.6 Å². The van der Waals surface area contributed by atoms with Crippen molar-refractivity contribution < 1.29 is 9.59 Å². The van der Waals surface area contributed by atoms with E-state index >= 15 is 0 Å². The molecule has 1 aliphatic heterocycles. The van der Waals surface area contributed by atoms with Crippen LogP contribution in [-0.2, 0) is 4.79 Å². The van der Waals surface area contributed by atoms with E-state index in [2.05, 4.69) is 29.6 Å². The maximum atomic E-state index is 12.4. The number of aromatic nitrogens is 2. The average Bonchev–Trinajstić information content (AvgIpc) is 3.02. The number of piperazine rings is 1. The zero-order valence-corrected chi connectivity index (χ0v) is 14.1. The van der Waals surface area contributed by atoms with Crippen molar-refractivity contribution in [3.63, 3.8) is 0 Å². The molecule has 0 aliphatic carbocycles. The van der Waals surface area contributed by atoms with Gasteiger partial charge in [0.05, 0.1) is 18.8 Å². The Balaban J connectivity index is 1.86. The molecule has 8 nitrogen and oxygen atoms in total. The molecule has 128 valence electrons. The summed E-state index contributed by atoms with van der Waals surface area (Å²) in [7, 11) is 1.63. The molecule has 23 heavy (non-hydrogen) atoms. The average molecular weight is 322 g/mol. The van der Waals surface area contributed by atoms with Crippen LogP contribution < -0.4 is 10.6 Å². The molecule has 1 fully saturated rings. The highest BCUT2D eigenvalue weighted by atomic mass is 16.2. The van der Waals surface area contributed by atoms with Gasteiger partial charge in [0.1, 0.15) is 5.82 Å². The van der Waals surface area contributed by atoms with Gasteiger partial charge in [-0.25, -0.2) is 9.48 Å². The van der Waals surface area contributed by atoms with E-state index in [-0.39, 0.29) is 18.0 Å². The molecule has 1 aromatic rings. The molecule has 2 N–H and O–H groups in total. The van der Waals surface area contributed by atoms with E-state index in [9.17, 15) is 9.59 Å². The number of hydrogen-bond acceptors (Lipinski definition) is 4. The molecule has 1 aliphatic rings. The fraction of sp³-hybridized carbons (Fsp3) is 0.667. The lowest BCUT2D eigenvalue weighted by Crippen LogP contribution is -2.52. The van der Waals surface area contributed by atoms with Crippen LogP contribution >= 0.6 is 0 Å². The highest BCUT2D eigenvalue weighted by Gasteiger charge is 2.23. The third-order valence-corrected chi connectivity index (χ3v) is 4.22. The van der Waals surface area contributed by atoms with E-state index in [4.69, 9.17) is 0 Å². The number of anilines is 1. The molecule has 3 amide bonds. The second-order valence-electron chi connectivity index (χ2n) is 5.78. The lowest BCUT2D eigenvalue weighted by molar-refractivity contribution is -0.122. The number of carbonyl (C=O) groups excluding carboxylic acids is 2. The van der Waals surface area contributed by atoms with Crippen LogP contribution in [0.2, 0.25) is 0 Å². The summed E-state index contributed by atoms with van der Waals surface area (Å²) in [4.78, 5) is 27.6. The summed E-state index contributed by atoms with van der Waals surface area (Å²) in [6.07, 6.45) is 2.64. The minimum atomic E-state index is -0.116. The Morgan fingerprint density at radius 2 is 2.00 bits per heavy atom. The molecular weight excluding hydrogens is 296 g/mol. The lowest BCUT2D eigenvalue weighted by Gasteiger charge is -2.34.